The van der Waals surface area contributed by atoms with Crippen LogP contribution in [0, 0.1) is 6.92 Å². The van der Waals surface area contributed by atoms with Crippen LogP contribution >= 0.6 is 0 Å². The molecule has 6 nitrogen and oxygen atoms in total. The van der Waals surface area contributed by atoms with Crippen molar-refractivity contribution in [3.8, 4) is 5.82 Å². The average Bonchev–Trinajstić information content (AvgIpc) is 3.19. The van der Waals surface area contributed by atoms with Gasteiger partial charge in [-0.15, -0.1) is 0 Å². The van der Waals surface area contributed by atoms with E-state index in [1.807, 2.05) is 29.1 Å². The molecule has 9 heteroatoms. The van der Waals surface area contributed by atoms with Gasteiger partial charge in [-0.2, -0.15) is 13.2 Å². The molecule has 0 aliphatic heterocycles. The van der Waals surface area contributed by atoms with Crippen LogP contribution in [0.3, 0.4) is 0 Å². The van der Waals surface area contributed by atoms with Gasteiger partial charge >= 0.3 is 6.18 Å². The first-order chi connectivity index (χ1) is 13.3. The molecule has 146 valence electrons. The van der Waals surface area contributed by atoms with Gasteiger partial charge in [-0.25, -0.2) is 9.97 Å². The molecule has 0 spiro atoms. The van der Waals surface area contributed by atoms with Crippen molar-refractivity contribution in [3.05, 3.63) is 71.8 Å². The van der Waals surface area contributed by atoms with Crippen molar-refractivity contribution in [3.63, 3.8) is 0 Å². The molecule has 2 N–H and O–H groups in total. The maximum Gasteiger partial charge on any atom is 0.416 e. The van der Waals surface area contributed by atoms with Crippen LogP contribution in [-0.4, -0.2) is 33.5 Å². The molecular weight excluding hydrogens is 371 g/mol. The van der Waals surface area contributed by atoms with Gasteiger partial charge in [0.05, 0.1) is 5.56 Å². The van der Waals surface area contributed by atoms with Crippen molar-refractivity contribution in [1.82, 2.24) is 19.9 Å². The number of anilines is 1. The molecule has 2 heterocycles. The van der Waals surface area contributed by atoms with Crippen molar-refractivity contribution in [1.29, 1.82) is 0 Å². The highest BCUT2D eigenvalue weighted by Gasteiger charge is 2.30. The Balaban J connectivity index is 1.52. The van der Waals surface area contributed by atoms with Gasteiger partial charge in [-0.3, -0.25) is 4.79 Å². The zero-order valence-electron chi connectivity index (χ0n) is 15.0. The molecule has 1 aromatic carbocycles. The van der Waals surface area contributed by atoms with Gasteiger partial charge in [0.15, 0.2) is 0 Å². The Kier molecular flexibility index (Phi) is 5.62. The molecule has 3 rings (SSSR count). The fraction of sp³-hybridized carbons (Fsp3) is 0.211. The second kappa shape index (κ2) is 8.12. The van der Waals surface area contributed by atoms with Crippen LogP contribution in [0.5, 0.6) is 0 Å². The zero-order valence-corrected chi connectivity index (χ0v) is 15.0. The number of halogens is 3. The molecule has 2 aromatic heterocycles. The lowest BCUT2D eigenvalue weighted by molar-refractivity contribution is -0.137. The van der Waals surface area contributed by atoms with E-state index in [0.717, 1.165) is 24.3 Å². The highest BCUT2D eigenvalue weighted by atomic mass is 19.4. The normalized spacial score (nSPS) is 11.3. The van der Waals surface area contributed by atoms with E-state index in [-0.39, 0.29) is 12.1 Å². The number of carbonyl (C=O) groups excluding carboxylic acids is 1. The molecule has 0 unspecified atom stereocenters. The minimum atomic E-state index is -4.42. The monoisotopic (exact) mass is 389 g/mol. The summed E-state index contributed by atoms with van der Waals surface area (Å²) in [5, 5.41) is 5.75. The van der Waals surface area contributed by atoms with Gasteiger partial charge in [0.1, 0.15) is 17.5 Å². The van der Waals surface area contributed by atoms with Gasteiger partial charge < -0.3 is 15.2 Å². The largest absolute Gasteiger partial charge is 0.416 e. The molecule has 0 atom stereocenters. The summed E-state index contributed by atoms with van der Waals surface area (Å²) in [6.45, 7) is 2.46. The average molecular weight is 389 g/mol. The second-order valence-corrected chi connectivity index (χ2v) is 6.01. The van der Waals surface area contributed by atoms with E-state index in [4.69, 9.17) is 0 Å². The summed E-state index contributed by atoms with van der Waals surface area (Å²) in [5.41, 5.74) is -0.621. The number of alkyl halides is 3. The minimum Gasteiger partial charge on any atom is -0.368 e. The van der Waals surface area contributed by atoms with Crippen LogP contribution in [0.1, 0.15) is 21.7 Å². The Morgan fingerprint density at radius 1 is 1.07 bits per heavy atom. The van der Waals surface area contributed by atoms with Crippen LogP contribution in [0.25, 0.3) is 5.82 Å². The van der Waals surface area contributed by atoms with Crippen LogP contribution < -0.4 is 10.6 Å². The third-order valence-corrected chi connectivity index (χ3v) is 3.88. The van der Waals surface area contributed by atoms with Gasteiger partial charge in [-0.05, 0) is 43.3 Å². The fourth-order valence-corrected chi connectivity index (χ4v) is 2.54. The summed E-state index contributed by atoms with van der Waals surface area (Å²) >= 11 is 0. The number of rotatable bonds is 6. The van der Waals surface area contributed by atoms with E-state index >= 15 is 0 Å². The summed E-state index contributed by atoms with van der Waals surface area (Å²) < 4.78 is 39.5. The Hall–Kier alpha value is -3.36. The third-order valence-electron chi connectivity index (χ3n) is 3.88. The van der Waals surface area contributed by atoms with Gasteiger partial charge in [-0.1, -0.05) is 0 Å². The number of amides is 1. The summed E-state index contributed by atoms with van der Waals surface area (Å²) in [7, 11) is 0. The van der Waals surface area contributed by atoms with E-state index < -0.39 is 17.6 Å². The molecule has 0 saturated carbocycles. The highest BCUT2D eigenvalue weighted by Crippen LogP contribution is 2.29. The SMILES string of the molecule is Cc1nc(NCCNC(=O)c2ccc(C(F)(F)F)cc2)cc(-n2cccc2)n1. The second-order valence-electron chi connectivity index (χ2n) is 6.01. The number of nitrogens with one attached hydrogen (secondary N) is 2. The molecule has 1 amide bonds. The quantitative estimate of drug-likeness (QED) is 0.634. The van der Waals surface area contributed by atoms with Gasteiger partial charge in [0.2, 0.25) is 0 Å². The molecule has 0 aliphatic carbocycles. The molecule has 3 aromatic rings. The van der Waals surface area contributed by atoms with E-state index in [1.54, 1.807) is 13.0 Å². The Labute approximate surface area is 159 Å². The van der Waals surface area contributed by atoms with Crippen LogP contribution in [0.2, 0.25) is 0 Å². The number of hydrogen-bond acceptors (Lipinski definition) is 4. The van der Waals surface area contributed by atoms with E-state index in [2.05, 4.69) is 20.6 Å². The first kappa shape index (κ1) is 19.4. The Bertz CT molecular complexity index is 937. The first-order valence-corrected chi connectivity index (χ1v) is 8.51. The lowest BCUT2D eigenvalue weighted by Crippen LogP contribution is -2.29. The zero-order chi connectivity index (χ0) is 20.1. The van der Waals surface area contributed by atoms with Crippen LogP contribution in [0.4, 0.5) is 19.0 Å². The third kappa shape index (κ3) is 4.87. The van der Waals surface area contributed by atoms with E-state index in [0.29, 0.717) is 24.0 Å². The van der Waals surface area contributed by atoms with E-state index in [1.165, 1.54) is 0 Å². The summed E-state index contributed by atoms with van der Waals surface area (Å²) in [5.74, 6) is 1.48. The number of aromatic nitrogens is 3. The molecular formula is C19H18F3N5O. The minimum absolute atomic E-state index is 0.167. The smallest absolute Gasteiger partial charge is 0.368 e. The van der Waals surface area contributed by atoms with Crippen molar-refractivity contribution in [2.45, 2.75) is 13.1 Å². The van der Waals surface area contributed by atoms with Crippen molar-refractivity contribution in [2.75, 3.05) is 18.4 Å². The fourth-order valence-electron chi connectivity index (χ4n) is 2.54. The maximum absolute atomic E-state index is 12.6. The lowest BCUT2D eigenvalue weighted by atomic mass is 10.1. The van der Waals surface area contributed by atoms with Crippen molar-refractivity contribution < 1.29 is 18.0 Å². The Morgan fingerprint density at radius 3 is 2.39 bits per heavy atom. The molecule has 0 bridgehead atoms. The Morgan fingerprint density at radius 2 is 1.75 bits per heavy atom. The summed E-state index contributed by atoms with van der Waals surface area (Å²) in [6, 6.07) is 9.65. The molecule has 0 radical (unpaired) electrons. The summed E-state index contributed by atoms with van der Waals surface area (Å²) in [4.78, 5) is 20.7. The molecule has 28 heavy (non-hydrogen) atoms. The maximum atomic E-state index is 12.6. The van der Waals surface area contributed by atoms with Crippen molar-refractivity contribution in [2.24, 2.45) is 0 Å². The van der Waals surface area contributed by atoms with Gasteiger partial charge in [0, 0.05) is 37.1 Å². The first-order valence-electron chi connectivity index (χ1n) is 8.51. The lowest BCUT2D eigenvalue weighted by Gasteiger charge is -2.10. The van der Waals surface area contributed by atoms with Crippen LogP contribution in [0.15, 0.2) is 54.9 Å². The molecule has 0 saturated heterocycles. The van der Waals surface area contributed by atoms with Crippen molar-refractivity contribution >= 4 is 11.7 Å². The topological polar surface area (TPSA) is 71.8 Å². The molecule has 0 fully saturated rings. The standard InChI is InChI=1S/C19H18F3N5O/c1-13-25-16(12-17(26-13)27-10-2-3-11-27)23-8-9-24-18(28)14-4-6-15(7-5-14)19(20,21)22/h2-7,10-12H,8-9H2,1H3,(H,24,28)(H,23,25,26). The number of aryl methyl sites for hydroxylation is 1. The highest BCUT2D eigenvalue weighted by molar-refractivity contribution is 5.94. The van der Waals surface area contributed by atoms with Gasteiger partial charge in [0.25, 0.3) is 5.91 Å². The predicted molar refractivity (Wildman–Crippen MR) is 98.4 cm³/mol. The summed E-state index contributed by atoms with van der Waals surface area (Å²) in [6.07, 6.45) is -0.681. The van der Waals surface area contributed by atoms with E-state index in [9.17, 15) is 18.0 Å². The number of hydrogen-bond donors (Lipinski definition) is 2. The number of benzene rings is 1. The number of carbonyl (C=O) groups is 1. The molecule has 0 aliphatic rings. The predicted octanol–water partition coefficient (Wildman–Crippen LogP) is 3.44. The van der Waals surface area contributed by atoms with Crippen LogP contribution in [-0.2, 0) is 6.18 Å². The number of nitrogens with zero attached hydrogens (tertiary/aromatic N) is 3.